The maximum absolute atomic E-state index is 13.0. The number of halogens is 1. The second kappa shape index (κ2) is 5.66. The maximum Gasteiger partial charge on any atom is 0.212 e. The largest absolute Gasteiger partial charge is 0.287 e. The topological polar surface area (TPSA) is 60.7 Å². The molecule has 0 atom stereocenters. The first-order valence-corrected chi connectivity index (χ1v) is 7.28. The average Bonchev–Trinajstić information content (AvgIpc) is 3.06. The third-order valence-electron chi connectivity index (χ3n) is 3.69. The molecule has 4 aromatic rings. The Bertz CT molecular complexity index is 1030. The minimum Gasteiger partial charge on any atom is -0.287 e. The molecular formula is C18H11FN4O. The van der Waals surface area contributed by atoms with E-state index in [-0.39, 0.29) is 11.5 Å². The van der Waals surface area contributed by atoms with Gasteiger partial charge in [-0.15, -0.1) is 0 Å². The van der Waals surface area contributed by atoms with Gasteiger partial charge in [-0.05, 0) is 36.4 Å². The van der Waals surface area contributed by atoms with Gasteiger partial charge in [0.25, 0.3) is 0 Å². The smallest absolute Gasteiger partial charge is 0.212 e. The summed E-state index contributed by atoms with van der Waals surface area (Å²) in [7, 11) is 0. The molecule has 0 saturated carbocycles. The van der Waals surface area contributed by atoms with Crippen molar-refractivity contribution in [1.82, 2.24) is 19.7 Å². The number of nitrogens with zero attached hydrogens (tertiary/aromatic N) is 4. The highest BCUT2D eigenvalue weighted by atomic mass is 19.1. The third kappa shape index (κ3) is 2.34. The van der Waals surface area contributed by atoms with E-state index in [2.05, 4.69) is 15.1 Å². The van der Waals surface area contributed by atoms with Gasteiger partial charge in [-0.3, -0.25) is 4.79 Å². The lowest BCUT2D eigenvalue weighted by Gasteiger charge is -2.04. The minimum atomic E-state index is -0.392. The number of benzene rings is 2. The molecule has 0 aliphatic carbocycles. The third-order valence-corrected chi connectivity index (χ3v) is 3.69. The van der Waals surface area contributed by atoms with Crippen LogP contribution in [0.5, 0.6) is 0 Å². The molecule has 116 valence electrons. The number of hydrogen-bond donors (Lipinski definition) is 0. The Morgan fingerprint density at radius 2 is 1.71 bits per heavy atom. The van der Waals surface area contributed by atoms with Crippen LogP contribution < -0.4 is 0 Å². The molecule has 0 aliphatic rings. The number of carbonyl (C=O) groups excluding carboxylic acids is 1. The van der Waals surface area contributed by atoms with Gasteiger partial charge in [0, 0.05) is 5.56 Å². The lowest BCUT2D eigenvalue weighted by Crippen LogP contribution is -2.06. The van der Waals surface area contributed by atoms with Crippen molar-refractivity contribution >= 4 is 16.8 Å². The first-order chi connectivity index (χ1) is 11.7. The molecule has 0 bridgehead atoms. The number of carbonyl (C=O) groups is 1. The Balaban J connectivity index is 1.84. The fourth-order valence-electron chi connectivity index (χ4n) is 2.52. The zero-order valence-electron chi connectivity index (χ0n) is 12.4. The Labute approximate surface area is 136 Å². The van der Waals surface area contributed by atoms with E-state index in [0.29, 0.717) is 16.6 Å². The molecule has 4 rings (SSSR count). The van der Waals surface area contributed by atoms with Gasteiger partial charge < -0.3 is 0 Å². The van der Waals surface area contributed by atoms with Gasteiger partial charge in [0.2, 0.25) is 5.78 Å². The van der Waals surface area contributed by atoms with E-state index >= 15 is 0 Å². The molecule has 0 amide bonds. The van der Waals surface area contributed by atoms with Crippen molar-refractivity contribution in [1.29, 1.82) is 0 Å². The summed E-state index contributed by atoms with van der Waals surface area (Å²) in [5.74, 6) is -0.689. The number of ketones is 1. The number of para-hydroxylation sites is 1. The summed E-state index contributed by atoms with van der Waals surface area (Å²) in [5.41, 5.74) is 1.99. The van der Waals surface area contributed by atoms with Crippen molar-refractivity contribution in [3.63, 3.8) is 0 Å². The molecule has 0 spiro atoms. The zero-order valence-corrected chi connectivity index (χ0v) is 12.4. The second-order valence-corrected chi connectivity index (χ2v) is 5.19. The van der Waals surface area contributed by atoms with Crippen LogP contribution in [0.4, 0.5) is 4.39 Å². The van der Waals surface area contributed by atoms with Crippen molar-refractivity contribution in [2.45, 2.75) is 0 Å². The molecule has 2 aromatic heterocycles. The highest BCUT2D eigenvalue weighted by Crippen LogP contribution is 2.20. The van der Waals surface area contributed by atoms with Gasteiger partial charge in [0.15, 0.2) is 5.65 Å². The average molecular weight is 318 g/mol. The van der Waals surface area contributed by atoms with Crippen molar-refractivity contribution < 1.29 is 9.18 Å². The van der Waals surface area contributed by atoms with Gasteiger partial charge in [-0.1, -0.05) is 18.2 Å². The highest BCUT2D eigenvalue weighted by Gasteiger charge is 2.18. The summed E-state index contributed by atoms with van der Waals surface area (Å²) in [4.78, 5) is 21.0. The molecule has 0 aliphatic heterocycles. The number of hydrogen-bond acceptors (Lipinski definition) is 4. The molecule has 0 unspecified atom stereocenters. The van der Waals surface area contributed by atoms with Gasteiger partial charge in [-0.2, -0.15) is 5.10 Å². The fraction of sp³-hybridized carbons (Fsp3) is 0. The van der Waals surface area contributed by atoms with E-state index in [1.165, 1.54) is 30.6 Å². The van der Waals surface area contributed by atoms with Crippen molar-refractivity contribution in [3.05, 3.63) is 84.2 Å². The Kier molecular flexibility index (Phi) is 3.35. The summed E-state index contributed by atoms with van der Waals surface area (Å²) in [6.45, 7) is 0. The van der Waals surface area contributed by atoms with Crippen LogP contribution in [-0.4, -0.2) is 25.5 Å². The predicted octanol–water partition coefficient (Wildman–Crippen LogP) is 3.19. The first-order valence-electron chi connectivity index (χ1n) is 7.28. The van der Waals surface area contributed by atoms with E-state index in [9.17, 15) is 9.18 Å². The number of rotatable bonds is 3. The summed E-state index contributed by atoms with van der Waals surface area (Å²) in [6.07, 6.45) is 2.90. The molecule has 0 fully saturated rings. The van der Waals surface area contributed by atoms with Crippen molar-refractivity contribution in [2.24, 2.45) is 0 Å². The summed E-state index contributed by atoms with van der Waals surface area (Å²) in [6, 6.07) is 14.9. The van der Waals surface area contributed by atoms with Gasteiger partial charge in [0.1, 0.15) is 17.8 Å². The van der Waals surface area contributed by atoms with Crippen LogP contribution in [0.3, 0.4) is 0 Å². The van der Waals surface area contributed by atoms with Crippen molar-refractivity contribution in [2.75, 3.05) is 0 Å². The van der Waals surface area contributed by atoms with Crippen LogP contribution in [-0.2, 0) is 0 Å². The van der Waals surface area contributed by atoms with Crippen LogP contribution in [0.1, 0.15) is 16.1 Å². The SMILES string of the molecule is O=C(c1ccc(F)cc1)c1ncnc2c1cnn2-c1ccccc1. The van der Waals surface area contributed by atoms with Crippen LogP contribution in [0.2, 0.25) is 0 Å². The Morgan fingerprint density at radius 1 is 0.958 bits per heavy atom. The molecule has 2 heterocycles. The van der Waals surface area contributed by atoms with Gasteiger partial charge >= 0.3 is 0 Å². The summed E-state index contributed by atoms with van der Waals surface area (Å²) >= 11 is 0. The Hall–Kier alpha value is -3.41. The molecule has 5 nitrogen and oxygen atoms in total. The zero-order chi connectivity index (χ0) is 16.5. The van der Waals surface area contributed by atoms with Crippen LogP contribution >= 0.6 is 0 Å². The van der Waals surface area contributed by atoms with Crippen LogP contribution in [0, 0.1) is 5.82 Å². The lowest BCUT2D eigenvalue weighted by molar-refractivity contribution is 0.103. The lowest BCUT2D eigenvalue weighted by atomic mass is 10.1. The van der Waals surface area contributed by atoms with E-state index in [1.807, 2.05) is 30.3 Å². The number of fused-ring (bicyclic) bond motifs is 1. The Morgan fingerprint density at radius 3 is 2.46 bits per heavy atom. The fourth-order valence-corrected chi connectivity index (χ4v) is 2.52. The highest BCUT2D eigenvalue weighted by molar-refractivity contribution is 6.14. The molecule has 0 radical (unpaired) electrons. The van der Waals surface area contributed by atoms with E-state index in [0.717, 1.165) is 5.69 Å². The summed E-state index contributed by atoms with van der Waals surface area (Å²) < 4.78 is 14.7. The van der Waals surface area contributed by atoms with Crippen LogP contribution in [0.15, 0.2) is 67.1 Å². The van der Waals surface area contributed by atoms with Crippen molar-refractivity contribution in [3.8, 4) is 5.69 Å². The molecule has 2 aromatic carbocycles. The quantitative estimate of drug-likeness (QED) is 0.544. The number of aromatic nitrogens is 4. The molecule has 24 heavy (non-hydrogen) atoms. The first kappa shape index (κ1) is 14.2. The molecule has 0 N–H and O–H groups in total. The van der Waals surface area contributed by atoms with E-state index in [1.54, 1.807) is 10.9 Å². The van der Waals surface area contributed by atoms with E-state index < -0.39 is 5.82 Å². The standard InChI is InChI=1S/C18H11FN4O/c19-13-8-6-12(7-9-13)17(24)16-15-10-22-23(18(15)21-11-20-16)14-4-2-1-3-5-14/h1-11H. The van der Waals surface area contributed by atoms with Gasteiger partial charge in [-0.25, -0.2) is 19.0 Å². The summed E-state index contributed by atoms with van der Waals surface area (Å²) in [5, 5.41) is 4.87. The maximum atomic E-state index is 13.0. The molecule has 6 heteroatoms. The normalized spacial score (nSPS) is 10.9. The monoisotopic (exact) mass is 318 g/mol. The second-order valence-electron chi connectivity index (χ2n) is 5.19. The molecular weight excluding hydrogens is 307 g/mol. The molecule has 0 saturated heterocycles. The minimum absolute atomic E-state index is 0.244. The van der Waals surface area contributed by atoms with Crippen LogP contribution in [0.25, 0.3) is 16.7 Å². The van der Waals surface area contributed by atoms with E-state index in [4.69, 9.17) is 0 Å². The predicted molar refractivity (Wildman–Crippen MR) is 86.5 cm³/mol. The van der Waals surface area contributed by atoms with Gasteiger partial charge in [0.05, 0.1) is 17.3 Å².